The Balaban J connectivity index is 3.74. The Morgan fingerprint density at radius 1 is 0.696 bits per heavy atom. The molecule has 0 aromatic rings. The van der Waals surface area contributed by atoms with E-state index in [0.29, 0.717) is 24.3 Å². The predicted octanol–water partition coefficient (Wildman–Crippen LogP) is 2.96. The molecule has 0 spiro atoms. The average molecular weight is 409 g/mol. The second-order valence-corrected chi connectivity index (χ2v) is 13.1. The van der Waals surface area contributed by atoms with Crippen molar-refractivity contribution in [2.75, 3.05) is 23.0 Å². The first-order valence-electron chi connectivity index (χ1n) is 7.30. The third kappa shape index (κ3) is 8.97. The van der Waals surface area contributed by atoms with Crippen molar-refractivity contribution >= 4 is 43.8 Å². The van der Waals surface area contributed by atoms with Crippen LogP contribution in [-0.4, -0.2) is 58.4 Å². The van der Waals surface area contributed by atoms with Gasteiger partial charge in [-0.05, 0) is 70.0 Å². The zero-order chi connectivity index (χ0) is 18.4. The van der Waals surface area contributed by atoms with E-state index in [1.54, 1.807) is 23.5 Å². The smallest absolute Gasteiger partial charge is 0.270 e. The lowest BCUT2D eigenvalue weighted by molar-refractivity contribution is 0.436. The van der Waals surface area contributed by atoms with Crippen molar-refractivity contribution in [2.24, 2.45) is 0 Å². The Morgan fingerprint density at radius 3 is 1.26 bits per heavy atom. The quantitative estimate of drug-likeness (QED) is 0.375. The van der Waals surface area contributed by atoms with Crippen molar-refractivity contribution in [2.45, 2.75) is 56.5 Å². The summed E-state index contributed by atoms with van der Waals surface area (Å²) in [6, 6.07) is 0. The monoisotopic (exact) mass is 408 g/mol. The summed E-state index contributed by atoms with van der Waals surface area (Å²) in [7, 11) is -8.04. The summed E-state index contributed by atoms with van der Waals surface area (Å²) in [5.74, 6) is 3.09. The zero-order valence-electron chi connectivity index (χ0n) is 14.1. The minimum atomic E-state index is -4.02. The molecule has 0 radical (unpaired) electrons. The van der Waals surface area contributed by atoms with Crippen LogP contribution in [0.2, 0.25) is 0 Å². The van der Waals surface area contributed by atoms with Crippen molar-refractivity contribution in [3.63, 3.8) is 0 Å². The number of hydrogen-bond donors (Lipinski definition) is 2. The van der Waals surface area contributed by atoms with Crippen LogP contribution >= 0.6 is 23.5 Å². The summed E-state index contributed by atoms with van der Waals surface area (Å²) in [6.07, 6.45) is 1.73. The van der Waals surface area contributed by atoms with Gasteiger partial charge in [-0.3, -0.25) is 9.11 Å². The fourth-order valence-corrected chi connectivity index (χ4v) is 4.94. The highest BCUT2D eigenvalue weighted by Gasteiger charge is 2.32. The van der Waals surface area contributed by atoms with E-state index in [-0.39, 0.29) is 0 Å². The maximum absolute atomic E-state index is 11.1. The first kappa shape index (κ1) is 23.5. The second-order valence-electron chi connectivity index (χ2n) is 6.55. The molecule has 0 fully saturated rings. The van der Waals surface area contributed by atoms with Crippen LogP contribution < -0.4 is 0 Å². The molecule has 0 unspecified atom stereocenters. The maximum Gasteiger partial charge on any atom is 0.270 e. The Morgan fingerprint density at radius 2 is 1.00 bits per heavy atom. The topological polar surface area (TPSA) is 109 Å². The van der Waals surface area contributed by atoms with Crippen molar-refractivity contribution in [3.8, 4) is 0 Å². The van der Waals surface area contributed by atoms with E-state index in [2.05, 4.69) is 0 Å². The maximum atomic E-state index is 11.1. The van der Waals surface area contributed by atoms with Crippen LogP contribution in [0.5, 0.6) is 0 Å². The van der Waals surface area contributed by atoms with Gasteiger partial charge in [-0.2, -0.15) is 40.4 Å². The van der Waals surface area contributed by atoms with Gasteiger partial charge in [0.1, 0.15) is 0 Å². The molecule has 0 bridgehead atoms. The van der Waals surface area contributed by atoms with Crippen LogP contribution in [0.25, 0.3) is 0 Å². The molecule has 0 heterocycles. The molecule has 0 amide bonds. The third-order valence-electron chi connectivity index (χ3n) is 3.67. The molecule has 0 aromatic carbocycles. The highest BCUT2D eigenvalue weighted by atomic mass is 32.2. The molecule has 0 atom stereocenters. The van der Waals surface area contributed by atoms with E-state index in [0.717, 1.165) is 17.9 Å². The minimum Gasteiger partial charge on any atom is -0.285 e. The normalized spacial score (nSPS) is 14.2. The van der Waals surface area contributed by atoms with E-state index in [1.165, 1.54) is 27.7 Å². The molecule has 0 aliphatic rings. The SMILES string of the molecule is CC(C)(CCSCCCSCCC(C)(C)S(=O)(=O)O)S(=O)(=O)O. The van der Waals surface area contributed by atoms with Crippen LogP contribution in [0.1, 0.15) is 47.0 Å². The highest BCUT2D eigenvalue weighted by Crippen LogP contribution is 2.24. The van der Waals surface area contributed by atoms with Crippen molar-refractivity contribution in [3.05, 3.63) is 0 Å². The van der Waals surface area contributed by atoms with Gasteiger partial charge < -0.3 is 0 Å². The lowest BCUT2D eigenvalue weighted by atomic mass is 10.1. The van der Waals surface area contributed by atoms with Crippen LogP contribution in [0.4, 0.5) is 0 Å². The first-order chi connectivity index (χ1) is 10.2. The van der Waals surface area contributed by atoms with Crippen LogP contribution in [0.15, 0.2) is 0 Å². The Labute approximate surface area is 149 Å². The highest BCUT2D eigenvalue weighted by molar-refractivity contribution is 8.00. The lowest BCUT2D eigenvalue weighted by Crippen LogP contribution is -2.31. The summed E-state index contributed by atoms with van der Waals surface area (Å²) >= 11 is 3.28. The van der Waals surface area contributed by atoms with Crippen LogP contribution in [0.3, 0.4) is 0 Å². The molecule has 0 saturated carbocycles. The molecule has 0 rings (SSSR count). The zero-order valence-corrected chi connectivity index (χ0v) is 17.4. The van der Waals surface area contributed by atoms with Crippen molar-refractivity contribution < 1.29 is 25.9 Å². The summed E-state index contributed by atoms with van der Waals surface area (Å²) in [4.78, 5) is 0. The van der Waals surface area contributed by atoms with Gasteiger partial charge in [-0.25, -0.2) is 0 Å². The van der Waals surface area contributed by atoms with E-state index in [9.17, 15) is 16.8 Å². The fraction of sp³-hybridized carbons (Fsp3) is 1.00. The van der Waals surface area contributed by atoms with Crippen molar-refractivity contribution in [1.82, 2.24) is 0 Å². The summed E-state index contributed by atoms with van der Waals surface area (Å²) < 4.78 is 60.4. The number of hydrogen-bond acceptors (Lipinski definition) is 6. The van der Waals surface area contributed by atoms with Crippen LogP contribution in [-0.2, 0) is 20.2 Å². The van der Waals surface area contributed by atoms with Gasteiger partial charge in [0.05, 0.1) is 9.49 Å². The van der Waals surface area contributed by atoms with Gasteiger partial charge in [0.25, 0.3) is 20.2 Å². The molecule has 10 heteroatoms. The van der Waals surface area contributed by atoms with Crippen molar-refractivity contribution in [1.29, 1.82) is 0 Å². The predicted molar refractivity (Wildman–Crippen MR) is 99.8 cm³/mol. The van der Waals surface area contributed by atoms with E-state index in [4.69, 9.17) is 9.11 Å². The summed E-state index contributed by atoms with van der Waals surface area (Å²) in [5, 5.41) is 0. The fourth-order valence-electron chi connectivity index (χ4n) is 1.36. The average Bonchev–Trinajstić information content (AvgIpc) is 2.33. The molecule has 6 nitrogen and oxygen atoms in total. The Kier molecular flexibility index (Phi) is 9.49. The molecule has 0 aromatic heterocycles. The third-order valence-corrected chi connectivity index (χ3v) is 9.01. The van der Waals surface area contributed by atoms with Gasteiger partial charge >= 0.3 is 0 Å². The lowest BCUT2D eigenvalue weighted by Gasteiger charge is -2.20. The molecule has 0 aliphatic carbocycles. The molecule has 0 saturated heterocycles. The largest absolute Gasteiger partial charge is 0.285 e. The van der Waals surface area contributed by atoms with E-state index >= 15 is 0 Å². The molecule has 0 aliphatic heterocycles. The van der Waals surface area contributed by atoms with Gasteiger partial charge in [0, 0.05) is 0 Å². The van der Waals surface area contributed by atoms with Gasteiger partial charge in [0.15, 0.2) is 0 Å². The molecule has 140 valence electrons. The van der Waals surface area contributed by atoms with Crippen LogP contribution in [0, 0.1) is 0 Å². The summed E-state index contributed by atoms with van der Waals surface area (Å²) in [6.45, 7) is 6.04. The molecule has 2 N–H and O–H groups in total. The minimum absolute atomic E-state index is 0.395. The summed E-state index contributed by atoms with van der Waals surface area (Å²) in [5.41, 5.74) is 0. The molecular weight excluding hydrogens is 380 g/mol. The van der Waals surface area contributed by atoms with E-state index in [1.807, 2.05) is 0 Å². The standard InChI is InChI=1S/C13H28O6S4/c1-12(2,22(14,15)16)6-10-20-8-5-9-21-11-7-13(3,4)23(17,18)19/h5-11H2,1-4H3,(H,14,15,16)(H,17,18,19). The first-order valence-corrected chi connectivity index (χ1v) is 12.5. The van der Waals surface area contributed by atoms with Gasteiger partial charge in [-0.1, -0.05) is 0 Å². The molecular formula is C13H28O6S4. The number of thioether (sulfide) groups is 2. The Bertz CT molecular complexity index is 501. The van der Waals surface area contributed by atoms with Gasteiger partial charge in [0.2, 0.25) is 0 Å². The van der Waals surface area contributed by atoms with Gasteiger partial charge in [-0.15, -0.1) is 0 Å². The van der Waals surface area contributed by atoms with E-state index < -0.39 is 29.7 Å². The molecule has 23 heavy (non-hydrogen) atoms. The second kappa shape index (κ2) is 9.28. The number of rotatable bonds is 12. The Hall–Kier alpha value is 0.520.